The van der Waals surface area contributed by atoms with Gasteiger partial charge >= 0.3 is 6.18 Å². The van der Waals surface area contributed by atoms with Crippen molar-refractivity contribution in [2.45, 2.75) is 18.0 Å². The lowest BCUT2D eigenvalue weighted by molar-refractivity contribution is -0.137. The molecular weight excluding hydrogens is 383 g/mol. The molecule has 0 aliphatic carbocycles. The molecule has 0 bridgehead atoms. The van der Waals surface area contributed by atoms with Gasteiger partial charge in [-0.15, -0.1) is 0 Å². The third-order valence-corrected chi connectivity index (χ3v) is 5.17. The van der Waals surface area contributed by atoms with E-state index in [1.165, 1.54) is 6.26 Å². The van der Waals surface area contributed by atoms with E-state index in [0.717, 1.165) is 24.3 Å². The normalized spacial score (nSPS) is 13.6. The van der Waals surface area contributed by atoms with Gasteiger partial charge < -0.3 is 4.42 Å². The molecule has 0 spiro atoms. The number of nitrogens with one attached hydrogen (secondary N) is 1. The third kappa shape index (κ3) is 4.98. The molecule has 0 amide bonds. The molecule has 0 saturated heterocycles. The second kappa shape index (κ2) is 7.57. The van der Waals surface area contributed by atoms with Crippen molar-refractivity contribution in [1.29, 1.82) is 0 Å². The van der Waals surface area contributed by atoms with Gasteiger partial charge in [-0.3, -0.25) is 4.68 Å². The molecule has 27 heavy (non-hydrogen) atoms. The molecule has 0 radical (unpaired) electrons. The highest BCUT2D eigenvalue weighted by atomic mass is 32.2. The van der Waals surface area contributed by atoms with Gasteiger partial charge in [0, 0.05) is 18.9 Å². The van der Waals surface area contributed by atoms with E-state index in [1.54, 1.807) is 35.3 Å². The molecular formula is C17H16F3N3O3S. The Hall–Kier alpha value is -2.59. The smallest absolute Gasteiger partial charge is 0.416 e. The molecule has 1 N–H and O–H groups in total. The van der Waals surface area contributed by atoms with Gasteiger partial charge in [-0.1, -0.05) is 12.1 Å². The van der Waals surface area contributed by atoms with Crippen LogP contribution in [0.15, 0.2) is 65.5 Å². The first-order chi connectivity index (χ1) is 12.7. The average Bonchev–Trinajstić information content (AvgIpc) is 3.28. The number of hydrogen-bond donors (Lipinski definition) is 1. The van der Waals surface area contributed by atoms with Crippen molar-refractivity contribution in [1.82, 2.24) is 14.5 Å². The maximum atomic E-state index is 12.6. The molecule has 0 aliphatic heterocycles. The molecule has 1 atom stereocenters. The van der Waals surface area contributed by atoms with Gasteiger partial charge in [-0.25, -0.2) is 13.1 Å². The summed E-state index contributed by atoms with van der Waals surface area (Å²) in [6.07, 6.45) is 0.252. The summed E-state index contributed by atoms with van der Waals surface area (Å²) in [5.41, 5.74) is -0.572. The zero-order valence-corrected chi connectivity index (χ0v) is 14.7. The fraction of sp³-hybridized carbons (Fsp3) is 0.235. The van der Waals surface area contributed by atoms with Crippen molar-refractivity contribution < 1.29 is 26.0 Å². The van der Waals surface area contributed by atoms with Gasteiger partial charge in [-0.05, 0) is 35.9 Å². The number of nitrogens with zero attached hydrogens (tertiary/aromatic N) is 2. The largest absolute Gasteiger partial charge is 0.467 e. The summed E-state index contributed by atoms with van der Waals surface area (Å²) >= 11 is 0. The second-order valence-corrected chi connectivity index (χ2v) is 7.63. The summed E-state index contributed by atoms with van der Waals surface area (Å²) in [6, 6.07) is 8.63. The van der Waals surface area contributed by atoms with Crippen molar-refractivity contribution >= 4 is 10.0 Å². The lowest BCUT2D eigenvalue weighted by Crippen LogP contribution is -2.32. The highest BCUT2D eigenvalue weighted by molar-refractivity contribution is 7.88. The van der Waals surface area contributed by atoms with Crippen molar-refractivity contribution in [3.8, 4) is 0 Å². The lowest BCUT2D eigenvalue weighted by atomic mass is 10.1. The van der Waals surface area contributed by atoms with E-state index < -0.39 is 33.6 Å². The van der Waals surface area contributed by atoms with Crippen molar-refractivity contribution in [2.24, 2.45) is 0 Å². The van der Waals surface area contributed by atoms with Crippen molar-refractivity contribution in [2.75, 3.05) is 6.54 Å². The highest BCUT2D eigenvalue weighted by Gasteiger charge is 2.30. The van der Waals surface area contributed by atoms with E-state index in [0.29, 0.717) is 5.76 Å². The van der Waals surface area contributed by atoms with Crippen LogP contribution in [0, 0.1) is 0 Å². The fourth-order valence-corrected chi connectivity index (χ4v) is 3.68. The molecule has 3 aromatic rings. The fourth-order valence-electron chi connectivity index (χ4n) is 2.54. The first-order valence-electron chi connectivity index (χ1n) is 7.90. The van der Waals surface area contributed by atoms with Crippen LogP contribution in [0.4, 0.5) is 13.2 Å². The van der Waals surface area contributed by atoms with Crippen molar-refractivity contribution in [3.05, 3.63) is 78.0 Å². The van der Waals surface area contributed by atoms with Crippen molar-refractivity contribution in [3.63, 3.8) is 0 Å². The minimum Gasteiger partial charge on any atom is -0.467 e. The predicted octanol–water partition coefficient (Wildman–Crippen LogP) is 3.20. The Bertz CT molecular complexity index is 917. The molecule has 2 heterocycles. The highest BCUT2D eigenvalue weighted by Crippen LogP contribution is 2.29. The van der Waals surface area contributed by atoms with Crippen LogP contribution in [0.3, 0.4) is 0 Å². The minimum atomic E-state index is -4.46. The first kappa shape index (κ1) is 19.2. The topological polar surface area (TPSA) is 77.1 Å². The number of halogens is 3. The molecule has 1 unspecified atom stereocenters. The number of benzene rings is 1. The van der Waals surface area contributed by atoms with Crippen LogP contribution in [0.25, 0.3) is 0 Å². The molecule has 3 rings (SSSR count). The maximum absolute atomic E-state index is 12.6. The average molecular weight is 399 g/mol. The molecule has 0 aliphatic rings. The molecule has 1 aromatic carbocycles. The monoisotopic (exact) mass is 399 g/mol. The summed E-state index contributed by atoms with van der Waals surface area (Å²) in [4.78, 5) is 0. The van der Waals surface area contributed by atoms with Gasteiger partial charge in [0.15, 0.2) is 0 Å². The summed E-state index contributed by atoms with van der Waals surface area (Å²) in [5, 5.41) is 4.11. The number of hydrogen-bond acceptors (Lipinski definition) is 4. The number of furan rings is 1. The Morgan fingerprint density at radius 3 is 2.44 bits per heavy atom. The zero-order valence-electron chi connectivity index (χ0n) is 13.9. The third-order valence-electron chi connectivity index (χ3n) is 3.85. The van der Waals surface area contributed by atoms with Gasteiger partial charge in [0.25, 0.3) is 0 Å². The van der Waals surface area contributed by atoms with Crippen LogP contribution >= 0.6 is 0 Å². The van der Waals surface area contributed by atoms with E-state index in [4.69, 9.17) is 4.42 Å². The minimum absolute atomic E-state index is 0.0157. The molecule has 2 aromatic heterocycles. The Morgan fingerprint density at radius 2 is 1.89 bits per heavy atom. The maximum Gasteiger partial charge on any atom is 0.416 e. The van der Waals surface area contributed by atoms with Gasteiger partial charge in [0.2, 0.25) is 10.0 Å². The molecule has 0 fully saturated rings. The van der Waals surface area contributed by atoms with Gasteiger partial charge in [-0.2, -0.15) is 18.3 Å². The number of sulfonamides is 1. The number of rotatable bonds is 7. The molecule has 6 nitrogen and oxygen atoms in total. The van der Waals surface area contributed by atoms with Crippen LogP contribution in [-0.2, 0) is 22.0 Å². The summed E-state index contributed by atoms with van der Waals surface area (Å²) in [5.74, 6) is 0.0886. The Kier molecular flexibility index (Phi) is 5.38. The Morgan fingerprint density at radius 1 is 1.15 bits per heavy atom. The number of alkyl halides is 3. The van der Waals surface area contributed by atoms with E-state index >= 15 is 0 Å². The lowest BCUT2D eigenvalue weighted by Gasteiger charge is -2.16. The summed E-state index contributed by atoms with van der Waals surface area (Å²) in [6.45, 7) is -0.0157. The molecule has 0 saturated carbocycles. The Balaban J connectivity index is 1.68. The van der Waals surface area contributed by atoms with E-state index in [-0.39, 0.29) is 12.1 Å². The molecule has 10 heteroatoms. The standard InChI is InChI=1S/C17H16F3N3O3S/c18-17(19,20)14-6-4-13(5-7-14)12-27(24,25)22-11-15(16-3-1-10-26-16)23-9-2-8-21-23/h1-10,15,22H,11-12H2. The van der Waals surface area contributed by atoms with E-state index in [9.17, 15) is 21.6 Å². The van der Waals surface area contributed by atoms with Crippen LogP contribution in [0.2, 0.25) is 0 Å². The van der Waals surface area contributed by atoms with Crippen LogP contribution in [0.1, 0.15) is 22.9 Å². The van der Waals surface area contributed by atoms with E-state index in [1.807, 2.05) is 0 Å². The van der Waals surface area contributed by atoms with Gasteiger partial charge in [0.1, 0.15) is 11.8 Å². The predicted molar refractivity (Wildman–Crippen MR) is 91.1 cm³/mol. The van der Waals surface area contributed by atoms with Crippen LogP contribution < -0.4 is 4.72 Å². The zero-order chi connectivity index (χ0) is 19.5. The van der Waals surface area contributed by atoms with Gasteiger partial charge in [0.05, 0.1) is 17.6 Å². The second-order valence-electron chi connectivity index (χ2n) is 5.82. The first-order valence-corrected chi connectivity index (χ1v) is 9.56. The Labute approximate surface area is 153 Å². The molecule has 144 valence electrons. The quantitative estimate of drug-likeness (QED) is 0.662. The van der Waals surface area contributed by atoms with E-state index in [2.05, 4.69) is 9.82 Å². The summed E-state index contributed by atoms with van der Waals surface area (Å²) in [7, 11) is -3.77. The SMILES string of the molecule is O=S(=O)(Cc1ccc(C(F)(F)F)cc1)NCC(c1ccco1)n1cccn1. The van der Waals surface area contributed by atoms with Crippen LogP contribution in [-0.4, -0.2) is 24.7 Å². The summed E-state index contributed by atoms with van der Waals surface area (Å²) < 4.78 is 71.8. The number of aromatic nitrogens is 2. The van der Waals surface area contributed by atoms with Crippen LogP contribution in [0.5, 0.6) is 0 Å².